The van der Waals surface area contributed by atoms with Crippen LogP contribution in [0.3, 0.4) is 0 Å². The summed E-state index contributed by atoms with van der Waals surface area (Å²) in [6.07, 6.45) is 23.4. The molecule has 6 nitrogen and oxygen atoms in total. The van der Waals surface area contributed by atoms with Crippen molar-refractivity contribution in [3.05, 3.63) is 203 Å². The average molecular weight is 1100 g/mol. The van der Waals surface area contributed by atoms with Gasteiger partial charge in [0.15, 0.2) is 0 Å². The second-order valence-electron chi connectivity index (χ2n) is 22.1. The normalized spacial score (nSPS) is 11.5. The Hall–Kier alpha value is -6.96. The Morgan fingerprint density at radius 3 is 1.30 bits per heavy atom. The van der Waals surface area contributed by atoms with E-state index >= 15 is 0 Å². The molecule has 6 aromatic carbocycles. The number of hydrogen-bond acceptors (Lipinski definition) is 7. The van der Waals surface area contributed by atoms with Gasteiger partial charge in [0.1, 0.15) is 6.10 Å². The standard InChI is InChI=1S/C74H90N2O4S/c1-10-15-18-24-28-68-54(6)50-66(51-55(68)7)75(62-39-31-58(32-40-62)27-23-20-21-26-49-79-73(77)13-4)64-43-35-60(36-44-64)71-47-48-72(81-71)61-37-45-65(46-38-61)76(67-52-56(8)69(57(9)53-67)29-25-19-16-11-2)63-41-33-59(34-42-63)70(30-22-17-12-3)80-74(78)14-5/h13-14,31-48,50-53,70H,4-5,10-12,15-30,49H2,1-3,6-9H3. The lowest BCUT2D eigenvalue weighted by Gasteiger charge is -2.28. The summed E-state index contributed by atoms with van der Waals surface area (Å²) in [5.41, 5.74) is 19.7. The van der Waals surface area contributed by atoms with Gasteiger partial charge in [0.25, 0.3) is 0 Å². The molecule has 0 saturated heterocycles. The second kappa shape index (κ2) is 31.9. The van der Waals surface area contributed by atoms with Crippen molar-refractivity contribution in [2.75, 3.05) is 16.4 Å². The number of rotatable bonds is 33. The molecule has 426 valence electrons. The summed E-state index contributed by atoms with van der Waals surface area (Å²) in [6.45, 7) is 23.4. The molecule has 1 atom stereocenters. The van der Waals surface area contributed by atoms with Gasteiger partial charge in [-0.15, -0.1) is 11.3 Å². The minimum Gasteiger partial charge on any atom is -0.463 e. The van der Waals surface area contributed by atoms with Gasteiger partial charge in [-0.3, -0.25) is 0 Å². The lowest BCUT2D eigenvalue weighted by molar-refractivity contribution is -0.143. The molecule has 0 aliphatic rings. The van der Waals surface area contributed by atoms with Gasteiger partial charge in [-0.2, -0.15) is 0 Å². The van der Waals surface area contributed by atoms with Crippen molar-refractivity contribution in [2.24, 2.45) is 0 Å². The highest BCUT2D eigenvalue weighted by Gasteiger charge is 2.21. The fraction of sp³-hybridized carbons (Fsp3) is 0.378. The Morgan fingerprint density at radius 1 is 0.457 bits per heavy atom. The smallest absolute Gasteiger partial charge is 0.330 e. The Balaban J connectivity index is 1.13. The molecular weight excluding hydrogens is 1010 g/mol. The van der Waals surface area contributed by atoms with E-state index in [1.54, 1.807) is 0 Å². The molecule has 81 heavy (non-hydrogen) atoms. The molecule has 0 aliphatic heterocycles. The molecular formula is C74H90N2O4S. The molecule has 1 heterocycles. The fourth-order valence-electron chi connectivity index (χ4n) is 11.3. The maximum absolute atomic E-state index is 12.5. The van der Waals surface area contributed by atoms with Gasteiger partial charge in [0, 0.05) is 56.0 Å². The first kappa shape index (κ1) is 61.7. The Bertz CT molecular complexity index is 3050. The van der Waals surface area contributed by atoms with Crippen LogP contribution in [0.1, 0.15) is 174 Å². The zero-order chi connectivity index (χ0) is 57.5. The van der Waals surface area contributed by atoms with Gasteiger partial charge in [0.05, 0.1) is 6.61 Å². The molecule has 0 aliphatic carbocycles. The van der Waals surface area contributed by atoms with Crippen molar-refractivity contribution in [2.45, 2.75) is 177 Å². The molecule has 0 radical (unpaired) electrons. The largest absolute Gasteiger partial charge is 0.463 e. The quantitative estimate of drug-likeness (QED) is 0.0232. The van der Waals surface area contributed by atoms with Crippen LogP contribution in [-0.2, 0) is 38.3 Å². The van der Waals surface area contributed by atoms with Gasteiger partial charge in [-0.05, 0) is 226 Å². The van der Waals surface area contributed by atoms with Gasteiger partial charge in [0.2, 0.25) is 0 Å². The SMILES string of the molecule is C=CC(=O)OCCCCCCc1ccc(N(c2ccc(-c3ccc(-c4ccc(N(c5ccc(C(CCCCC)OC(=O)C=C)cc5)c5cc(C)c(CCCCCC)c(C)c5)cc4)s3)cc2)c2cc(C)c(CCCCCC)c(C)c2)cc1. The van der Waals surface area contributed by atoms with Crippen molar-refractivity contribution in [1.82, 2.24) is 0 Å². The molecule has 0 N–H and O–H groups in total. The Kier molecular flexibility index (Phi) is 24.3. The molecule has 7 rings (SSSR count). The fourth-order valence-corrected chi connectivity index (χ4v) is 12.3. The van der Waals surface area contributed by atoms with Crippen LogP contribution in [0.5, 0.6) is 0 Å². The number of anilines is 6. The molecule has 7 heteroatoms. The summed E-state index contributed by atoms with van der Waals surface area (Å²) in [5, 5.41) is 0. The Labute approximate surface area is 491 Å². The Morgan fingerprint density at radius 2 is 0.852 bits per heavy atom. The van der Waals surface area contributed by atoms with Crippen LogP contribution in [0, 0.1) is 27.7 Å². The summed E-state index contributed by atoms with van der Waals surface area (Å²) in [4.78, 5) is 31.1. The van der Waals surface area contributed by atoms with Crippen molar-refractivity contribution in [3.63, 3.8) is 0 Å². The molecule has 7 aromatic rings. The van der Waals surface area contributed by atoms with E-state index in [1.807, 2.05) is 11.3 Å². The van der Waals surface area contributed by atoms with E-state index in [0.29, 0.717) is 6.61 Å². The number of benzene rings is 6. The second-order valence-corrected chi connectivity index (χ2v) is 23.2. The van der Waals surface area contributed by atoms with E-state index in [9.17, 15) is 9.59 Å². The number of aryl methyl sites for hydroxylation is 5. The van der Waals surface area contributed by atoms with Crippen LogP contribution in [-0.4, -0.2) is 18.5 Å². The zero-order valence-electron chi connectivity index (χ0n) is 49.9. The third-order valence-corrected chi connectivity index (χ3v) is 17.0. The van der Waals surface area contributed by atoms with E-state index < -0.39 is 5.97 Å². The first-order chi connectivity index (χ1) is 39.4. The van der Waals surface area contributed by atoms with E-state index in [1.165, 1.54) is 129 Å². The minimum atomic E-state index is -0.391. The average Bonchev–Trinajstić information content (AvgIpc) is 3.98. The summed E-state index contributed by atoms with van der Waals surface area (Å²) in [5.74, 6) is -0.741. The molecule has 0 bridgehead atoms. The highest BCUT2D eigenvalue weighted by atomic mass is 32.1. The van der Waals surface area contributed by atoms with Gasteiger partial charge in [-0.1, -0.05) is 147 Å². The molecule has 1 aromatic heterocycles. The highest BCUT2D eigenvalue weighted by Crippen LogP contribution is 2.42. The van der Waals surface area contributed by atoms with Gasteiger partial charge >= 0.3 is 11.9 Å². The van der Waals surface area contributed by atoms with E-state index in [4.69, 9.17) is 9.47 Å². The summed E-state index contributed by atoms with van der Waals surface area (Å²) >= 11 is 1.82. The number of hydrogen-bond donors (Lipinski definition) is 0. The van der Waals surface area contributed by atoms with Crippen molar-refractivity contribution in [3.8, 4) is 20.9 Å². The molecule has 0 amide bonds. The van der Waals surface area contributed by atoms with E-state index in [-0.39, 0.29) is 12.1 Å². The minimum absolute atomic E-state index is 0.323. The maximum atomic E-state index is 12.5. The first-order valence-electron chi connectivity index (χ1n) is 30.4. The van der Waals surface area contributed by atoms with Gasteiger partial charge in [-0.25, -0.2) is 9.59 Å². The van der Waals surface area contributed by atoms with Crippen LogP contribution >= 0.6 is 11.3 Å². The van der Waals surface area contributed by atoms with Crippen LogP contribution in [0.25, 0.3) is 20.9 Å². The number of unbranched alkanes of at least 4 members (excludes halogenated alkanes) is 11. The summed E-state index contributed by atoms with van der Waals surface area (Å²) < 4.78 is 11.1. The van der Waals surface area contributed by atoms with E-state index in [2.05, 4.69) is 205 Å². The third kappa shape index (κ3) is 17.5. The van der Waals surface area contributed by atoms with E-state index in [0.717, 1.165) is 105 Å². The number of nitrogens with zero attached hydrogens (tertiary/aromatic N) is 2. The van der Waals surface area contributed by atoms with Crippen LogP contribution in [0.2, 0.25) is 0 Å². The van der Waals surface area contributed by atoms with Crippen LogP contribution in [0.4, 0.5) is 34.1 Å². The first-order valence-corrected chi connectivity index (χ1v) is 31.2. The van der Waals surface area contributed by atoms with Crippen LogP contribution < -0.4 is 9.80 Å². The molecule has 0 fully saturated rings. The lowest BCUT2D eigenvalue weighted by atomic mass is 9.95. The van der Waals surface area contributed by atoms with Gasteiger partial charge < -0.3 is 19.3 Å². The predicted octanol–water partition coefficient (Wildman–Crippen LogP) is 21.7. The lowest BCUT2D eigenvalue weighted by Crippen LogP contribution is -2.12. The van der Waals surface area contributed by atoms with Crippen molar-refractivity contribution < 1.29 is 19.1 Å². The molecule has 0 saturated carbocycles. The van der Waals surface area contributed by atoms with Crippen molar-refractivity contribution in [1.29, 1.82) is 0 Å². The highest BCUT2D eigenvalue weighted by molar-refractivity contribution is 7.18. The summed E-state index contributed by atoms with van der Waals surface area (Å²) in [6, 6.07) is 49.8. The number of thiophene rings is 1. The number of esters is 2. The third-order valence-electron chi connectivity index (χ3n) is 15.8. The predicted molar refractivity (Wildman–Crippen MR) is 346 cm³/mol. The number of ether oxygens (including phenoxy) is 2. The molecule has 1 unspecified atom stereocenters. The maximum Gasteiger partial charge on any atom is 0.330 e. The molecule has 0 spiro atoms. The summed E-state index contributed by atoms with van der Waals surface area (Å²) in [7, 11) is 0. The zero-order valence-corrected chi connectivity index (χ0v) is 50.7. The van der Waals surface area contributed by atoms with Crippen LogP contribution in [0.15, 0.2) is 159 Å². The monoisotopic (exact) mass is 1100 g/mol. The number of carbonyl (C=O) groups is 2. The van der Waals surface area contributed by atoms with Crippen molar-refractivity contribution >= 4 is 57.4 Å². The topological polar surface area (TPSA) is 59.1 Å². The number of carbonyl (C=O) groups excluding carboxylic acids is 2.